The number of allylic oxidation sites excluding steroid dienone is 4. The van der Waals surface area contributed by atoms with Crippen molar-refractivity contribution < 1.29 is 63.4 Å². The Labute approximate surface area is 125 Å². The van der Waals surface area contributed by atoms with E-state index in [0.717, 1.165) is 0 Å². The van der Waals surface area contributed by atoms with Gasteiger partial charge in [-0.25, -0.2) is 5.57 Å². The molecule has 0 atom stereocenters. The van der Waals surface area contributed by atoms with Crippen molar-refractivity contribution in [1.82, 2.24) is 0 Å². The van der Waals surface area contributed by atoms with E-state index >= 15 is 0 Å². The Morgan fingerprint density at radius 2 is 1.29 bits per heavy atom. The summed E-state index contributed by atoms with van der Waals surface area (Å²) in [4.78, 5) is 0. The standard InChI is InChI=1S/C10H15.3ClH.Zr/c1-7-6-10(4,5)9(3)8(7)2;;;;/h1-5H3;3*1H;/q-1;;;;+4/p-3. The minimum Gasteiger partial charge on any atom is -1.00 e. The van der Waals surface area contributed by atoms with Gasteiger partial charge in [0.15, 0.2) is 0 Å². The third kappa shape index (κ3) is 4.84. The van der Waals surface area contributed by atoms with Crippen LogP contribution in [0.3, 0.4) is 0 Å². The van der Waals surface area contributed by atoms with Gasteiger partial charge in [-0.05, 0) is 0 Å². The van der Waals surface area contributed by atoms with Crippen LogP contribution < -0.4 is 37.2 Å². The predicted octanol–water partition coefficient (Wildman–Crippen LogP) is -5.88. The first-order valence-corrected chi connectivity index (χ1v) is 3.75. The van der Waals surface area contributed by atoms with Crippen molar-refractivity contribution in [3.63, 3.8) is 0 Å². The summed E-state index contributed by atoms with van der Waals surface area (Å²) in [5, 5.41) is 0. The maximum atomic E-state index is 3.44. The zero-order chi connectivity index (χ0) is 7.94. The van der Waals surface area contributed by atoms with Crippen LogP contribution in [-0.2, 0) is 26.2 Å². The molecule has 0 amide bonds. The summed E-state index contributed by atoms with van der Waals surface area (Å²) in [6.45, 7) is 10.9. The van der Waals surface area contributed by atoms with E-state index in [1.807, 2.05) is 0 Å². The number of hydrogen-bond donors (Lipinski definition) is 0. The van der Waals surface area contributed by atoms with Crippen molar-refractivity contribution in [3.8, 4) is 0 Å². The van der Waals surface area contributed by atoms with E-state index in [1.54, 1.807) is 0 Å². The van der Waals surface area contributed by atoms with Gasteiger partial charge in [0.25, 0.3) is 0 Å². The van der Waals surface area contributed by atoms with E-state index in [1.165, 1.54) is 16.7 Å². The van der Waals surface area contributed by atoms with Crippen LogP contribution in [0.1, 0.15) is 34.6 Å². The molecule has 4 heteroatoms. The fraction of sp³-hybridized carbons (Fsp3) is 0.600. The van der Waals surface area contributed by atoms with E-state index in [4.69, 9.17) is 0 Å². The minimum atomic E-state index is 0. The summed E-state index contributed by atoms with van der Waals surface area (Å²) < 4.78 is 0. The van der Waals surface area contributed by atoms with Crippen LogP contribution in [0.15, 0.2) is 16.7 Å². The molecule has 0 heterocycles. The Hall–Kier alpha value is 1.23. The maximum Gasteiger partial charge on any atom is 4.00 e. The van der Waals surface area contributed by atoms with E-state index in [0.29, 0.717) is 0 Å². The van der Waals surface area contributed by atoms with Gasteiger partial charge in [-0.15, -0.1) is 6.92 Å². The Morgan fingerprint density at radius 1 is 0.929 bits per heavy atom. The molecule has 1 aliphatic rings. The molecule has 0 saturated carbocycles. The van der Waals surface area contributed by atoms with Crippen molar-refractivity contribution in [2.45, 2.75) is 34.6 Å². The quantitative estimate of drug-likeness (QED) is 0.388. The van der Waals surface area contributed by atoms with Crippen LogP contribution >= 0.6 is 0 Å². The molecule has 0 aliphatic heterocycles. The number of rotatable bonds is 0. The molecule has 0 spiro atoms. The van der Waals surface area contributed by atoms with Gasteiger partial charge in [-0.1, -0.05) is 33.1 Å². The zero-order valence-electron chi connectivity index (χ0n) is 9.13. The fourth-order valence-electron chi connectivity index (χ4n) is 1.41. The van der Waals surface area contributed by atoms with Gasteiger partial charge in [-0.2, -0.15) is 11.1 Å². The third-order valence-corrected chi connectivity index (χ3v) is 2.56. The molecule has 0 fully saturated rings. The summed E-state index contributed by atoms with van der Waals surface area (Å²) in [6.07, 6.45) is 3.44. The molecular weight excluding hydrogens is 318 g/mol. The first-order valence-electron chi connectivity index (χ1n) is 3.75. The van der Waals surface area contributed by atoms with Crippen LogP contribution in [0.4, 0.5) is 0 Å². The maximum absolute atomic E-state index is 3.44. The van der Waals surface area contributed by atoms with E-state index in [2.05, 4.69) is 40.7 Å². The SMILES string of the molecule is CC1=[C-]C(C)(C)C(C)=C1C.[Cl-].[Cl-].[Cl-].[Zr+4]. The van der Waals surface area contributed by atoms with E-state index < -0.39 is 0 Å². The number of halogens is 3. The normalized spacial score (nSPS) is 16.8. The van der Waals surface area contributed by atoms with Gasteiger partial charge < -0.3 is 37.2 Å². The molecule has 0 radical (unpaired) electrons. The molecule has 1 aliphatic carbocycles. The van der Waals surface area contributed by atoms with Gasteiger partial charge in [0, 0.05) is 0 Å². The van der Waals surface area contributed by atoms with Gasteiger partial charge in [-0.3, -0.25) is 6.08 Å². The first-order chi connectivity index (χ1) is 4.45. The van der Waals surface area contributed by atoms with Crippen molar-refractivity contribution in [3.05, 3.63) is 22.8 Å². The van der Waals surface area contributed by atoms with Gasteiger partial charge in [0.05, 0.1) is 0 Å². The summed E-state index contributed by atoms with van der Waals surface area (Å²) in [5.74, 6) is 0. The second-order valence-electron chi connectivity index (χ2n) is 3.62. The molecule has 0 bridgehead atoms. The molecule has 0 aromatic carbocycles. The molecular formula is C10H15Cl3Zr. The molecule has 80 valence electrons. The largest absolute Gasteiger partial charge is 4.00 e. The molecule has 1 rings (SSSR count). The topological polar surface area (TPSA) is 0 Å². The first kappa shape index (κ1) is 24.5. The molecule has 0 N–H and O–H groups in total. The van der Waals surface area contributed by atoms with Crippen molar-refractivity contribution >= 4 is 0 Å². The van der Waals surface area contributed by atoms with Crippen LogP contribution in [-0.4, -0.2) is 0 Å². The Balaban J connectivity index is -0.000000125. The molecule has 0 unspecified atom stereocenters. The average Bonchev–Trinajstić information content (AvgIpc) is 1.95. The molecule has 0 nitrogen and oxygen atoms in total. The molecule has 0 saturated heterocycles. The van der Waals surface area contributed by atoms with Crippen molar-refractivity contribution in [2.24, 2.45) is 5.41 Å². The Kier molecular flexibility index (Phi) is 14.7. The molecule has 14 heavy (non-hydrogen) atoms. The Bertz CT molecular complexity index is 230. The van der Waals surface area contributed by atoms with Crippen molar-refractivity contribution in [2.75, 3.05) is 0 Å². The van der Waals surface area contributed by atoms with Crippen LogP contribution in [0.25, 0.3) is 0 Å². The summed E-state index contributed by atoms with van der Waals surface area (Å²) in [5.41, 5.74) is 4.39. The second-order valence-corrected chi connectivity index (χ2v) is 3.62. The fourth-order valence-corrected chi connectivity index (χ4v) is 1.41. The van der Waals surface area contributed by atoms with E-state index in [9.17, 15) is 0 Å². The average molecular weight is 333 g/mol. The van der Waals surface area contributed by atoms with Crippen LogP contribution in [0.2, 0.25) is 0 Å². The molecule has 0 aromatic rings. The van der Waals surface area contributed by atoms with Gasteiger partial charge in [0.2, 0.25) is 0 Å². The predicted molar refractivity (Wildman–Crippen MR) is 44.6 cm³/mol. The molecule has 0 aromatic heterocycles. The zero-order valence-corrected chi connectivity index (χ0v) is 13.9. The second kappa shape index (κ2) is 8.39. The van der Waals surface area contributed by atoms with Crippen LogP contribution in [0, 0.1) is 11.5 Å². The van der Waals surface area contributed by atoms with E-state index in [-0.39, 0.29) is 68.8 Å². The van der Waals surface area contributed by atoms with Gasteiger partial charge >= 0.3 is 26.2 Å². The monoisotopic (exact) mass is 330 g/mol. The smallest absolute Gasteiger partial charge is 1.00 e. The third-order valence-electron chi connectivity index (χ3n) is 2.56. The summed E-state index contributed by atoms with van der Waals surface area (Å²) in [7, 11) is 0. The minimum absolute atomic E-state index is 0. The van der Waals surface area contributed by atoms with Gasteiger partial charge in [0.1, 0.15) is 0 Å². The van der Waals surface area contributed by atoms with Crippen molar-refractivity contribution in [1.29, 1.82) is 0 Å². The Morgan fingerprint density at radius 3 is 1.36 bits per heavy atom. The number of hydrogen-bond acceptors (Lipinski definition) is 0. The summed E-state index contributed by atoms with van der Waals surface area (Å²) >= 11 is 0. The van der Waals surface area contributed by atoms with Crippen LogP contribution in [0.5, 0.6) is 0 Å². The summed E-state index contributed by atoms with van der Waals surface area (Å²) in [6, 6.07) is 0.